The van der Waals surface area contributed by atoms with Gasteiger partial charge in [0, 0.05) is 5.69 Å². The Bertz CT molecular complexity index is 778. The van der Waals surface area contributed by atoms with Crippen LogP contribution in [0.1, 0.15) is 22.6 Å². The molecule has 3 rings (SSSR count). The van der Waals surface area contributed by atoms with Gasteiger partial charge in [-0.3, -0.25) is 4.79 Å². The van der Waals surface area contributed by atoms with Crippen molar-refractivity contribution in [3.05, 3.63) is 35.1 Å². The van der Waals surface area contributed by atoms with E-state index in [1.807, 2.05) is 19.1 Å². The summed E-state index contributed by atoms with van der Waals surface area (Å²) in [6, 6.07) is 7.19. The van der Waals surface area contributed by atoms with Crippen LogP contribution in [0.5, 0.6) is 5.75 Å². The third-order valence-electron chi connectivity index (χ3n) is 2.76. The zero-order valence-corrected chi connectivity index (χ0v) is 12.3. The summed E-state index contributed by atoms with van der Waals surface area (Å²) in [5.74, 6) is 1.15. The number of rotatable bonds is 4. The third kappa shape index (κ3) is 2.70. The average molecular weight is 303 g/mol. The first kappa shape index (κ1) is 13.5. The molecular formula is C13H13N5O2S. The van der Waals surface area contributed by atoms with E-state index in [4.69, 9.17) is 4.74 Å². The second kappa shape index (κ2) is 5.49. The highest BCUT2D eigenvalue weighted by atomic mass is 32.1. The number of carbonyl (C=O) groups is 1. The van der Waals surface area contributed by atoms with Crippen LogP contribution < -0.4 is 10.1 Å². The van der Waals surface area contributed by atoms with Crippen LogP contribution in [0.3, 0.4) is 0 Å². The fourth-order valence-electron chi connectivity index (χ4n) is 1.79. The molecular weight excluding hydrogens is 290 g/mol. The summed E-state index contributed by atoms with van der Waals surface area (Å²) in [6.45, 7) is 4.32. The fourth-order valence-corrected chi connectivity index (χ4v) is 2.57. The first-order valence-electron chi connectivity index (χ1n) is 6.40. The predicted molar refractivity (Wildman–Crippen MR) is 79.0 cm³/mol. The minimum absolute atomic E-state index is 0.269. The molecule has 0 saturated carbocycles. The number of amides is 1. The highest BCUT2D eigenvalue weighted by molar-refractivity contribution is 7.18. The van der Waals surface area contributed by atoms with E-state index in [0.29, 0.717) is 28.1 Å². The van der Waals surface area contributed by atoms with Gasteiger partial charge >= 0.3 is 0 Å². The van der Waals surface area contributed by atoms with Crippen LogP contribution in [0.15, 0.2) is 24.3 Å². The van der Waals surface area contributed by atoms with Crippen LogP contribution >= 0.6 is 11.3 Å². The van der Waals surface area contributed by atoms with Gasteiger partial charge in [-0.2, -0.15) is 4.52 Å². The van der Waals surface area contributed by atoms with Gasteiger partial charge in [0.2, 0.25) is 9.97 Å². The highest BCUT2D eigenvalue weighted by Crippen LogP contribution is 2.18. The van der Waals surface area contributed by atoms with Gasteiger partial charge < -0.3 is 10.1 Å². The number of nitrogens with one attached hydrogen (secondary N) is 1. The summed E-state index contributed by atoms with van der Waals surface area (Å²) in [5.41, 5.74) is 0.686. The summed E-state index contributed by atoms with van der Waals surface area (Å²) in [5, 5.41) is 15.1. The minimum atomic E-state index is -0.269. The van der Waals surface area contributed by atoms with Crippen LogP contribution in [0.2, 0.25) is 0 Å². The number of hydrogen-bond donors (Lipinski definition) is 1. The molecule has 0 aliphatic carbocycles. The zero-order valence-electron chi connectivity index (χ0n) is 11.5. The molecule has 0 unspecified atom stereocenters. The van der Waals surface area contributed by atoms with E-state index in [0.717, 1.165) is 5.75 Å². The molecule has 2 aromatic heterocycles. The van der Waals surface area contributed by atoms with Gasteiger partial charge in [-0.05, 0) is 38.1 Å². The molecule has 1 aromatic carbocycles. The van der Waals surface area contributed by atoms with Crippen molar-refractivity contribution in [3.63, 3.8) is 0 Å². The van der Waals surface area contributed by atoms with Gasteiger partial charge in [0.1, 0.15) is 5.75 Å². The number of carbonyl (C=O) groups excluding carboxylic acids is 1. The van der Waals surface area contributed by atoms with E-state index in [2.05, 4.69) is 20.6 Å². The highest BCUT2D eigenvalue weighted by Gasteiger charge is 2.15. The molecule has 0 saturated heterocycles. The molecule has 0 bridgehead atoms. The van der Waals surface area contributed by atoms with E-state index >= 15 is 0 Å². The van der Waals surface area contributed by atoms with Crippen LogP contribution in [0.4, 0.5) is 5.69 Å². The molecule has 0 aliphatic heterocycles. The molecule has 7 nitrogen and oxygen atoms in total. The summed E-state index contributed by atoms with van der Waals surface area (Å²) in [4.78, 5) is 12.7. The molecule has 1 N–H and O–H groups in total. The predicted octanol–water partition coefficient (Wildman–Crippen LogP) is 2.15. The Morgan fingerprint density at radius 2 is 2.10 bits per heavy atom. The van der Waals surface area contributed by atoms with Crippen molar-refractivity contribution in [1.29, 1.82) is 0 Å². The number of aromatic nitrogens is 4. The van der Waals surface area contributed by atoms with Gasteiger partial charge in [-0.25, -0.2) is 0 Å². The van der Waals surface area contributed by atoms with Crippen LogP contribution in [-0.4, -0.2) is 32.3 Å². The van der Waals surface area contributed by atoms with Crippen molar-refractivity contribution >= 4 is 27.9 Å². The Labute approximate surface area is 124 Å². The maximum Gasteiger partial charge on any atom is 0.286 e. The lowest BCUT2D eigenvalue weighted by atomic mass is 10.3. The zero-order chi connectivity index (χ0) is 14.8. The maximum atomic E-state index is 12.1. The van der Waals surface area contributed by atoms with Gasteiger partial charge in [0.25, 0.3) is 5.91 Å². The molecule has 0 radical (unpaired) electrons. The van der Waals surface area contributed by atoms with E-state index < -0.39 is 0 Å². The van der Waals surface area contributed by atoms with Crippen molar-refractivity contribution < 1.29 is 9.53 Å². The number of benzene rings is 1. The second-order valence-corrected chi connectivity index (χ2v) is 5.22. The molecule has 3 aromatic rings. The SMILES string of the molecule is CCOc1ccc(NC(=O)c2nn3c(C)nnc3s2)cc1. The average Bonchev–Trinajstić information content (AvgIpc) is 3.04. The fraction of sp³-hybridized carbons (Fsp3) is 0.231. The first-order valence-corrected chi connectivity index (χ1v) is 7.22. The van der Waals surface area contributed by atoms with Crippen molar-refractivity contribution in [3.8, 4) is 5.75 Å². The number of ether oxygens (including phenoxy) is 1. The Kier molecular flexibility index (Phi) is 3.53. The van der Waals surface area contributed by atoms with E-state index in [1.165, 1.54) is 11.3 Å². The molecule has 0 fully saturated rings. The Balaban J connectivity index is 1.75. The van der Waals surface area contributed by atoms with Crippen molar-refractivity contribution in [2.75, 3.05) is 11.9 Å². The maximum absolute atomic E-state index is 12.1. The van der Waals surface area contributed by atoms with E-state index in [9.17, 15) is 4.79 Å². The largest absolute Gasteiger partial charge is 0.494 e. The molecule has 0 spiro atoms. The smallest absolute Gasteiger partial charge is 0.286 e. The number of anilines is 1. The lowest BCUT2D eigenvalue weighted by Gasteiger charge is -2.05. The monoisotopic (exact) mass is 303 g/mol. The summed E-state index contributed by atoms with van der Waals surface area (Å²) >= 11 is 1.20. The van der Waals surface area contributed by atoms with Gasteiger partial charge in [-0.15, -0.1) is 15.3 Å². The topological polar surface area (TPSA) is 81.4 Å². The Hall–Kier alpha value is -2.48. The second-order valence-electron chi connectivity index (χ2n) is 4.26. The summed E-state index contributed by atoms with van der Waals surface area (Å²) < 4.78 is 6.90. The van der Waals surface area contributed by atoms with Crippen LogP contribution in [0, 0.1) is 6.92 Å². The van der Waals surface area contributed by atoms with Crippen molar-refractivity contribution in [2.24, 2.45) is 0 Å². The standard InChI is InChI=1S/C13H13N5O2S/c1-3-20-10-6-4-9(5-7-10)14-11(19)12-17-18-8(2)15-16-13(18)21-12/h4-7H,3H2,1-2H3,(H,14,19). The molecule has 21 heavy (non-hydrogen) atoms. The first-order chi connectivity index (χ1) is 10.2. The van der Waals surface area contributed by atoms with Crippen LogP contribution in [0.25, 0.3) is 4.96 Å². The molecule has 1 amide bonds. The number of nitrogens with zero attached hydrogens (tertiary/aromatic N) is 4. The van der Waals surface area contributed by atoms with Gasteiger partial charge in [0.05, 0.1) is 6.61 Å². The summed E-state index contributed by atoms with van der Waals surface area (Å²) in [7, 11) is 0. The number of aryl methyl sites for hydroxylation is 1. The third-order valence-corrected chi connectivity index (χ3v) is 3.66. The molecule has 2 heterocycles. The lowest BCUT2D eigenvalue weighted by molar-refractivity contribution is 0.102. The molecule has 8 heteroatoms. The summed E-state index contributed by atoms with van der Waals surface area (Å²) in [6.07, 6.45) is 0. The van der Waals surface area contributed by atoms with Gasteiger partial charge in [0.15, 0.2) is 5.82 Å². The Morgan fingerprint density at radius 1 is 1.33 bits per heavy atom. The number of fused-ring (bicyclic) bond motifs is 1. The number of hydrogen-bond acceptors (Lipinski definition) is 6. The van der Waals surface area contributed by atoms with E-state index in [1.54, 1.807) is 23.6 Å². The molecule has 108 valence electrons. The Morgan fingerprint density at radius 3 is 2.76 bits per heavy atom. The van der Waals surface area contributed by atoms with Crippen molar-refractivity contribution in [2.45, 2.75) is 13.8 Å². The quantitative estimate of drug-likeness (QED) is 0.798. The normalized spacial score (nSPS) is 10.8. The molecule has 0 aliphatic rings. The lowest BCUT2D eigenvalue weighted by Crippen LogP contribution is -2.12. The van der Waals surface area contributed by atoms with E-state index in [-0.39, 0.29) is 5.91 Å². The van der Waals surface area contributed by atoms with Crippen LogP contribution in [-0.2, 0) is 0 Å². The van der Waals surface area contributed by atoms with Crippen molar-refractivity contribution in [1.82, 2.24) is 19.8 Å². The van der Waals surface area contributed by atoms with Gasteiger partial charge in [-0.1, -0.05) is 11.3 Å². The molecule has 0 atom stereocenters. The minimum Gasteiger partial charge on any atom is -0.494 e.